The molecule has 0 spiro atoms. The number of nitrogens with zero attached hydrogens (tertiary/aromatic N) is 2. The predicted octanol–water partition coefficient (Wildman–Crippen LogP) is 4.00. The number of hydrogen-bond donors (Lipinski definition) is 1. The van der Waals surface area contributed by atoms with Gasteiger partial charge in [0, 0.05) is 11.5 Å². The van der Waals surface area contributed by atoms with Gasteiger partial charge >= 0.3 is 0 Å². The molecule has 2 aromatic carbocycles. The Hall–Kier alpha value is -2.55. The van der Waals surface area contributed by atoms with Crippen LogP contribution in [0.15, 0.2) is 60.7 Å². The monoisotopic (exact) mass is 299 g/mol. The Morgan fingerprint density at radius 3 is 2.22 bits per heavy atom. The van der Waals surface area contributed by atoms with E-state index in [1.807, 2.05) is 60.0 Å². The first kappa shape index (κ1) is 14.1. The van der Waals surface area contributed by atoms with Gasteiger partial charge in [-0.2, -0.15) is 5.10 Å². The van der Waals surface area contributed by atoms with Crippen molar-refractivity contribution in [2.24, 2.45) is 0 Å². The van der Waals surface area contributed by atoms with Gasteiger partial charge in [0.2, 0.25) is 0 Å². The van der Waals surface area contributed by atoms with Crippen LogP contribution in [0.1, 0.15) is 5.69 Å². The van der Waals surface area contributed by atoms with Crippen LogP contribution in [-0.4, -0.2) is 14.9 Å². The van der Waals surface area contributed by atoms with E-state index in [-0.39, 0.29) is 5.75 Å². The van der Waals surface area contributed by atoms with Crippen LogP contribution in [-0.2, 0) is 0 Å². The Bertz CT molecular complexity index is 784. The van der Waals surface area contributed by atoms with E-state index in [2.05, 4.69) is 18.9 Å². The predicted molar refractivity (Wildman–Crippen MR) is 90.2 cm³/mol. The maximum Gasteiger partial charge on any atom is 0.115 e. The Kier molecular flexibility index (Phi) is 3.62. The third kappa shape index (κ3) is 2.74. The Labute approximate surface area is 136 Å². The molecular weight excluding hydrogens is 284 g/mol. The fourth-order valence-corrected chi connectivity index (χ4v) is 2.67. The molecule has 5 radical (unpaired) electrons. The maximum atomic E-state index is 9.52. The molecule has 23 heavy (non-hydrogen) atoms. The van der Waals surface area contributed by atoms with Gasteiger partial charge in [0.05, 0.1) is 17.1 Å². The SMILES string of the molecule is Oc1ccc(-c2cc([C]3[CH][CH][CH][CH]3)nn2-c2ccccc2)cc1. The molecule has 3 nitrogen and oxygen atoms in total. The molecule has 0 saturated heterocycles. The zero-order valence-corrected chi connectivity index (χ0v) is 12.4. The van der Waals surface area contributed by atoms with Crippen LogP contribution < -0.4 is 0 Å². The van der Waals surface area contributed by atoms with E-state index in [0.717, 1.165) is 28.6 Å². The summed E-state index contributed by atoms with van der Waals surface area (Å²) in [5.74, 6) is 1.36. The summed E-state index contributed by atoms with van der Waals surface area (Å²) in [6.07, 6.45) is 8.13. The highest BCUT2D eigenvalue weighted by atomic mass is 16.3. The van der Waals surface area contributed by atoms with Gasteiger partial charge < -0.3 is 5.11 Å². The van der Waals surface area contributed by atoms with E-state index in [4.69, 9.17) is 5.10 Å². The minimum atomic E-state index is 0.260. The molecule has 4 rings (SSSR count). The van der Waals surface area contributed by atoms with Gasteiger partial charge in [-0.15, -0.1) is 0 Å². The molecule has 0 aliphatic heterocycles. The normalized spacial score (nSPS) is 15.1. The number of aromatic nitrogens is 2. The lowest BCUT2D eigenvalue weighted by Gasteiger charge is -2.07. The lowest BCUT2D eigenvalue weighted by molar-refractivity contribution is 0.475. The second-order valence-corrected chi connectivity index (χ2v) is 5.38. The summed E-state index contributed by atoms with van der Waals surface area (Å²) < 4.78 is 1.94. The van der Waals surface area contributed by atoms with Gasteiger partial charge in [-0.25, -0.2) is 4.68 Å². The van der Waals surface area contributed by atoms with Crippen molar-refractivity contribution in [1.82, 2.24) is 9.78 Å². The summed E-state index contributed by atoms with van der Waals surface area (Å²) in [7, 11) is 0. The highest BCUT2D eigenvalue weighted by molar-refractivity contribution is 5.65. The highest BCUT2D eigenvalue weighted by Gasteiger charge is 2.23. The molecule has 1 aromatic heterocycles. The van der Waals surface area contributed by atoms with Crippen molar-refractivity contribution in [2.45, 2.75) is 0 Å². The summed E-state index contributed by atoms with van der Waals surface area (Å²) in [6.45, 7) is 0. The van der Waals surface area contributed by atoms with Crippen LogP contribution in [0, 0.1) is 31.6 Å². The molecule has 0 unspecified atom stereocenters. The number of phenolic OH excluding ortho intramolecular Hbond substituents is 1. The number of hydrogen-bond acceptors (Lipinski definition) is 2. The van der Waals surface area contributed by atoms with E-state index in [0.29, 0.717) is 0 Å². The summed E-state index contributed by atoms with van der Waals surface area (Å²) in [4.78, 5) is 0. The summed E-state index contributed by atoms with van der Waals surface area (Å²) >= 11 is 0. The summed E-state index contributed by atoms with van der Waals surface area (Å²) in [5.41, 5.74) is 3.94. The van der Waals surface area contributed by atoms with Crippen molar-refractivity contribution < 1.29 is 5.11 Å². The van der Waals surface area contributed by atoms with Crippen LogP contribution >= 0.6 is 0 Å². The molecule has 1 aliphatic rings. The van der Waals surface area contributed by atoms with Gasteiger partial charge in [0.15, 0.2) is 0 Å². The van der Waals surface area contributed by atoms with Crippen LogP contribution in [0.25, 0.3) is 16.9 Å². The van der Waals surface area contributed by atoms with Gasteiger partial charge in [0.1, 0.15) is 5.75 Å². The molecule has 1 aliphatic carbocycles. The van der Waals surface area contributed by atoms with Crippen LogP contribution in [0.3, 0.4) is 0 Å². The quantitative estimate of drug-likeness (QED) is 0.794. The lowest BCUT2D eigenvalue weighted by atomic mass is 10.0. The van der Waals surface area contributed by atoms with E-state index >= 15 is 0 Å². The van der Waals surface area contributed by atoms with Gasteiger partial charge in [-0.05, 0) is 68.1 Å². The number of benzene rings is 2. The number of aromatic hydroxyl groups is 1. The Morgan fingerprint density at radius 2 is 1.52 bits per heavy atom. The third-order valence-electron chi connectivity index (χ3n) is 3.83. The van der Waals surface area contributed by atoms with Gasteiger partial charge in [-0.1, -0.05) is 18.2 Å². The average Bonchev–Trinajstić information content (AvgIpc) is 3.26. The minimum absolute atomic E-state index is 0.260. The number of para-hydroxylation sites is 1. The smallest absolute Gasteiger partial charge is 0.115 e. The van der Waals surface area contributed by atoms with E-state index in [9.17, 15) is 5.11 Å². The first-order valence-electron chi connectivity index (χ1n) is 7.48. The third-order valence-corrected chi connectivity index (χ3v) is 3.83. The Balaban J connectivity index is 1.83. The van der Waals surface area contributed by atoms with Crippen molar-refractivity contribution in [3.63, 3.8) is 0 Å². The summed E-state index contributed by atoms with van der Waals surface area (Å²) in [5, 5.41) is 14.3. The first-order chi connectivity index (χ1) is 11.3. The second-order valence-electron chi connectivity index (χ2n) is 5.38. The fraction of sp³-hybridized carbons (Fsp3) is 0. The molecule has 3 aromatic rings. The molecular formula is C20H15N2O. The minimum Gasteiger partial charge on any atom is -0.508 e. The van der Waals surface area contributed by atoms with E-state index in [1.165, 1.54) is 0 Å². The molecule has 0 bridgehead atoms. The Morgan fingerprint density at radius 1 is 0.826 bits per heavy atom. The molecule has 1 heterocycles. The largest absolute Gasteiger partial charge is 0.508 e. The molecule has 111 valence electrons. The zero-order chi connectivity index (χ0) is 15.6. The number of phenols is 1. The van der Waals surface area contributed by atoms with Crippen LogP contribution in [0.5, 0.6) is 5.75 Å². The maximum absolute atomic E-state index is 9.52. The molecule has 1 saturated carbocycles. The molecule has 0 amide bonds. The molecule has 1 N–H and O–H groups in total. The van der Waals surface area contributed by atoms with Crippen molar-refractivity contribution in [3.05, 3.63) is 98.0 Å². The van der Waals surface area contributed by atoms with E-state index in [1.54, 1.807) is 12.1 Å². The van der Waals surface area contributed by atoms with Crippen LogP contribution in [0.2, 0.25) is 0 Å². The highest BCUT2D eigenvalue weighted by Crippen LogP contribution is 2.33. The van der Waals surface area contributed by atoms with Crippen molar-refractivity contribution in [1.29, 1.82) is 0 Å². The van der Waals surface area contributed by atoms with Crippen molar-refractivity contribution in [2.75, 3.05) is 0 Å². The molecule has 0 atom stereocenters. The van der Waals surface area contributed by atoms with Crippen molar-refractivity contribution in [3.8, 4) is 22.7 Å². The zero-order valence-electron chi connectivity index (χ0n) is 12.4. The molecule has 3 heteroatoms. The van der Waals surface area contributed by atoms with E-state index < -0.39 is 0 Å². The standard InChI is InChI=1S/C20H15N2O/c23-18-12-10-16(11-13-18)20-14-19(15-6-4-5-7-15)21-22(20)17-8-2-1-3-9-17/h1-14,23H. The molecule has 1 fully saturated rings. The van der Waals surface area contributed by atoms with Crippen molar-refractivity contribution >= 4 is 0 Å². The lowest BCUT2D eigenvalue weighted by Crippen LogP contribution is -2.01. The average molecular weight is 299 g/mol. The summed E-state index contributed by atoms with van der Waals surface area (Å²) in [6, 6.07) is 19.3. The topological polar surface area (TPSA) is 38.1 Å². The first-order valence-corrected chi connectivity index (χ1v) is 7.48. The van der Waals surface area contributed by atoms with Gasteiger partial charge in [0.25, 0.3) is 0 Å². The number of rotatable bonds is 3. The van der Waals surface area contributed by atoms with Gasteiger partial charge in [-0.3, -0.25) is 0 Å². The van der Waals surface area contributed by atoms with Crippen LogP contribution in [0.4, 0.5) is 0 Å². The second kappa shape index (κ2) is 5.92. The fourth-order valence-electron chi connectivity index (χ4n) is 2.67.